The molecule has 3 N–H and O–H groups in total. The molecular formula is C20H30O6. The Labute approximate surface area is 154 Å². The number of rotatable bonds is 11. The third kappa shape index (κ3) is 8.97. The zero-order valence-electron chi connectivity index (χ0n) is 15.3. The Hall–Kier alpha value is -1.92. The smallest absolute Gasteiger partial charge is 0.309 e. The van der Waals surface area contributed by atoms with Crippen LogP contribution in [0, 0.1) is 5.92 Å². The number of carbonyl (C=O) groups is 2. The van der Waals surface area contributed by atoms with Crippen LogP contribution in [0.1, 0.15) is 51.9 Å². The summed E-state index contributed by atoms with van der Waals surface area (Å²) >= 11 is 0. The molecule has 0 aromatic rings. The number of ether oxygens (including phenoxy) is 1. The minimum Gasteiger partial charge on any atom is -0.481 e. The van der Waals surface area contributed by atoms with Crippen LogP contribution in [0.2, 0.25) is 0 Å². The van der Waals surface area contributed by atoms with Crippen molar-refractivity contribution in [3.05, 3.63) is 36.5 Å². The number of aliphatic hydroxyl groups is 2. The van der Waals surface area contributed by atoms with E-state index in [0.29, 0.717) is 25.7 Å². The number of aliphatic hydroxyl groups excluding tert-OH is 2. The van der Waals surface area contributed by atoms with Crippen LogP contribution >= 0.6 is 0 Å². The number of allylic oxidation sites excluding steroid dienone is 3. The van der Waals surface area contributed by atoms with E-state index >= 15 is 0 Å². The van der Waals surface area contributed by atoms with Gasteiger partial charge in [-0.3, -0.25) is 9.59 Å². The summed E-state index contributed by atoms with van der Waals surface area (Å²) in [5.74, 6) is -1.54. The van der Waals surface area contributed by atoms with Gasteiger partial charge in [-0.2, -0.15) is 0 Å². The van der Waals surface area contributed by atoms with Crippen molar-refractivity contribution in [1.82, 2.24) is 0 Å². The number of carbonyl (C=O) groups excluding carboxylic acids is 1. The van der Waals surface area contributed by atoms with Crippen LogP contribution in [0.3, 0.4) is 0 Å². The number of hydrogen-bond acceptors (Lipinski definition) is 5. The van der Waals surface area contributed by atoms with Crippen molar-refractivity contribution in [1.29, 1.82) is 0 Å². The number of cyclic esters (lactones) is 1. The van der Waals surface area contributed by atoms with Crippen LogP contribution in [-0.4, -0.2) is 45.6 Å². The maximum atomic E-state index is 11.6. The lowest BCUT2D eigenvalue weighted by Crippen LogP contribution is -2.41. The summed E-state index contributed by atoms with van der Waals surface area (Å²) in [6.07, 6.45) is 12.1. The Morgan fingerprint density at radius 2 is 2.08 bits per heavy atom. The van der Waals surface area contributed by atoms with Crippen LogP contribution in [0.5, 0.6) is 0 Å². The molecule has 1 fully saturated rings. The molecule has 1 rings (SSSR count). The Balaban J connectivity index is 2.58. The maximum Gasteiger partial charge on any atom is 0.309 e. The Kier molecular flexibility index (Phi) is 10.6. The van der Waals surface area contributed by atoms with Gasteiger partial charge in [-0.1, -0.05) is 37.3 Å². The molecule has 0 aromatic heterocycles. The van der Waals surface area contributed by atoms with Gasteiger partial charge in [0, 0.05) is 12.3 Å². The van der Waals surface area contributed by atoms with Gasteiger partial charge >= 0.3 is 11.9 Å². The number of hydrogen-bond donors (Lipinski definition) is 3. The number of esters is 1. The first-order valence-electron chi connectivity index (χ1n) is 9.19. The lowest BCUT2D eigenvalue weighted by atomic mass is 9.87. The summed E-state index contributed by atoms with van der Waals surface area (Å²) < 4.78 is 5.33. The molecule has 0 aromatic carbocycles. The summed E-state index contributed by atoms with van der Waals surface area (Å²) in [5, 5.41) is 28.7. The third-order valence-electron chi connectivity index (χ3n) is 4.20. The number of carboxylic acids is 1. The predicted molar refractivity (Wildman–Crippen MR) is 98.4 cm³/mol. The van der Waals surface area contributed by atoms with Crippen molar-refractivity contribution in [2.24, 2.45) is 5.92 Å². The fraction of sp³-hybridized carbons (Fsp3) is 0.600. The highest BCUT2D eigenvalue weighted by molar-refractivity contribution is 5.71. The number of aliphatic carboxylic acids is 1. The second-order valence-electron chi connectivity index (χ2n) is 6.45. The first kappa shape index (κ1) is 22.1. The van der Waals surface area contributed by atoms with E-state index in [0.717, 1.165) is 6.42 Å². The fourth-order valence-corrected chi connectivity index (χ4v) is 2.76. The highest BCUT2D eigenvalue weighted by Gasteiger charge is 2.35. The van der Waals surface area contributed by atoms with E-state index in [9.17, 15) is 19.8 Å². The van der Waals surface area contributed by atoms with E-state index in [1.54, 1.807) is 12.2 Å². The molecule has 1 heterocycles. The molecule has 146 valence electrons. The molecule has 0 saturated carbocycles. The lowest BCUT2D eigenvalue weighted by Gasteiger charge is -2.32. The largest absolute Gasteiger partial charge is 0.481 e. The van der Waals surface area contributed by atoms with Gasteiger partial charge in [0.25, 0.3) is 0 Å². The van der Waals surface area contributed by atoms with Crippen molar-refractivity contribution in [3.63, 3.8) is 0 Å². The average molecular weight is 366 g/mol. The van der Waals surface area contributed by atoms with E-state index in [4.69, 9.17) is 9.84 Å². The molecule has 1 saturated heterocycles. The van der Waals surface area contributed by atoms with Crippen molar-refractivity contribution in [2.75, 3.05) is 0 Å². The molecule has 6 nitrogen and oxygen atoms in total. The molecule has 26 heavy (non-hydrogen) atoms. The second-order valence-corrected chi connectivity index (χ2v) is 6.45. The monoisotopic (exact) mass is 366 g/mol. The molecule has 6 heteroatoms. The molecule has 0 aliphatic carbocycles. The van der Waals surface area contributed by atoms with Crippen LogP contribution in [0.25, 0.3) is 0 Å². The third-order valence-corrected chi connectivity index (χ3v) is 4.20. The van der Waals surface area contributed by atoms with Gasteiger partial charge in [0.2, 0.25) is 0 Å². The van der Waals surface area contributed by atoms with Gasteiger partial charge in [0.15, 0.2) is 0 Å². The van der Waals surface area contributed by atoms with E-state index in [1.807, 2.05) is 31.2 Å². The average Bonchev–Trinajstić information content (AvgIpc) is 2.57. The fourth-order valence-electron chi connectivity index (χ4n) is 2.76. The Bertz CT molecular complexity index is 522. The van der Waals surface area contributed by atoms with E-state index < -0.39 is 30.3 Å². The van der Waals surface area contributed by atoms with E-state index in [1.165, 1.54) is 0 Å². The summed E-state index contributed by atoms with van der Waals surface area (Å²) in [4.78, 5) is 22.1. The van der Waals surface area contributed by atoms with E-state index in [-0.39, 0.29) is 18.8 Å². The normalized spacial score (nSPS) is 25.2. The van der Waals surface area contributed by atoms with Gasteiger partial charge in [0.05, 0.1) is 18.6 Å². The summed E-state index contributed by atoms with van der Waals surface area (Å²) in [6.45, 7) is 2.02. The zero-order chi connectivity index (χ0) is 19.4. The topological polar surface area (TPSA) is 104 Å². The molecule has 0 amide bonds. The summed E-state index contributed by atoms with van der Waals surface area (Å²) in [6, 6.07) is 0. The van der Waals surface area contributed by atoms with Crippen molar-refractivity contribution in [2.45, 2.75) is 70.2 Å². The van der Waals surface area contributed by atoms with Crippen LogP contribution < -0.4 is 0 Å². The minimum absolute atomic E-state index is 0.0380. The molecule has 0 spiro atoms. The highest BCUT2D eigenvalue weighted by Crippen LogP contribution is 2.27. The lowest BCUT2D eigenvalue weighted by molar-refractivity contribution is -0.163. The van der Waals surface area contributed by atoms with Gasteiger partial charge in [0.1, 0.15) is 6.10 Å². The predicted octanol–water partition coefficient (Wildman–Crippen LogP) is 2.75. The number of carboxylic acid groups (broad SMARTS) is 1. The molecule has 0 radical (unpaired) electrons. The van der Waals surface area contributed by atoms with Gasteiger partial charge in [-0.25, -0.2) is 0 Å². The van der Waals surface area contributed by atoms with Gasteiger partial charge < -0.3 is 20.1 Å². The number of unbranched alkanes of at least 4 members (excludes halogenated alkanes) is 1. The van der Waals surface area contributed by atoms with Crippen LogP contribution in [0.4, 0.5) is 0 Å². The Morgan fingerprint density at radius 3 is 2.77 bits per heavy atom. The molecule has 4 atom stereocenters. The van der Waals surface area contributed by atoms with Crippen LogP contribution in [0.15, 0.2) is 36.5 Å². The standard InChI is InChI=1S/C20H30O6/c1-2-3-6-9-15(21)12-13-18-16(17(22)14-20(25)26-18)10-7-4-5-8-11-19(23)24/h3-4,6-7,12-13,15-18,21-22H,2,5,8-11,14H2,1H3,(H,23,24)/b6-3-,7-4-,13-12+/t15?,16?,17?,18-/m1/s1. The molecular weight excluding hydrogens is 336 g/mol. The van der Waals surface area contributed by atoms with E-state index in [2.05, 4.69) is 0 Å². The minimum atomic E-state index is -0.814. The quantitative estimate of drug-likeness (QED) is 0.295. The van der Waals surface area contributed by atoms with Gasteiger partial charge in [-0.15, -0.1) is 0 Å². The maximum absolute atomic E-state index is 11.6. The van der Waals surface area contributed by atoms with Gasteiger partial charge in [-0.05, 0) is 38.2 Å². The van der Waals surface area contributed by atoms with Crippen LogP contribution in [-0.2, 0) is 14.3 Å². The SMILES string of the molecule is CC/C=C\CC(O)/C=C/[C@H]1OC(=O)CC(O)C1C/C=C\CCCC(=O)O. The highest BCUT2D eigenvalue weighted by atomic mass is 16.5. The first-order valence-corrected chi connectivity index (χ1v) is 9.19. The second kappa shape index (κ2) is 12.4. The summed E-state index contributed by atoms with van der Waals surface area (Å²) in [5.41, 5.74) is 0. The zero-order valence-corrected chi connectivity index (χ0v) is 15.3. The van der Waals surface area contributed by atoms with Crippen molar-refractivity contribution in [3.8, 4) is 0 Å². The van der Waals surface area contributed by atoms with Crippen molar-refractivity contribution >= 4 is 11.9 Å². The summed E-state index contributed by atoms with van der Waals surface area (Å²) in [7, 11) is 0. The molecule has 1 aliphatic heterocycles. The molecule has 0 bridgehead atoms. The molecule has 3 unspecified atom stereocenters. The van der Waals surface area contributed by atoms with Crippen molar-refractivity contribution < 1.29 is 29.6 Å². The first-order chi connectivity index (χ1) is 12.4. The molecule has 1 aliphatic rings. The Morgan fingerprint density at radius 1 is 1.31 bits per heavy atom.